The van der Waals surface area contributed by atoms with Gasteiger partial charge in [0.1, 0.15) is 0 Å². The predicted molar refractivity (Wildman–Crippen MR) is 62.5 cm³/mol. The smallest absolute Gasteiger partial charge is 0.222 e. The Hall–Kier alpha value is -0.570. The van der Waals surface area contributed by atoms with Crippen LogP contribution in [0.15, 0.2) is 0 Å². The lowest BCUT2D eigenvalue weighted by atomic mass is 10.1. The van der Waals surface area contributed by atoms with E-state index < -0.39 is 0 Å². The summed E-state index contributed by atoms with van der Waals surface area (Å²) in [6.07, 6.45) is 6.35. The molecule has 3 heteroatoms. The first kappa shape index (κ1) is 12.5. The van der Waals surface area contributed by atoms with Crippen molar-refractivity contribution in [2.75, 3.05) is 19.6 Å². The minimum atomic E-state index is 0.354. The first-order valence-corrected chi connectivity index (χ1v) is 6.22. The molecule has 1 rings (SSSR count). The van der Waals surface area contributed by atoms with Crippen LogP contribution in [0.25, 0.3) is 0 Å². The van der Waals surface area contributed by atoms with Crippen molar-refractivity contribution >= 4 is 5.91 Å². The van der Waals surface area contributed by atoms with Crippen molar-refractivity contribution in [1.82, 2.24) is 4.90 Å². The molecule has 0 aromatic heterocycles. The molecule has 0 aromatic rings. The molecule has 15 heavy (non-hydrogen) atoms. The van der Waals surface area contributed by atoms with Crippen LogP contribution in [-0.4, -0.2) is 30.4 Å². The Bertz CT molecular complexity index is 194. The van der Waals surface area contributed by atoms with Crippen LogP contribution in [0.5, 0.6) is 0 Å². The third-order valence-corrected chi connectivity index (χ3v) is 3.12. The van der Waals surface area contributed by atoms with E-state index in [1.54, 1.807) is 0 Å². The molecular formula is C12H24N2O. The van der Waals surface area contributed by atoms with E-state index in [1.807, 2.05) is 4.90 Å². The van der Waals surface area contributed by atoms with Gasteiger partial charge in [0, 0.05) is 19.5 Å². The molecule has 0 radical (unpaired) electrons. The number of hydrogen-bond acceptors (Lipinski definition) is 2. The van der Waals surface area contributed by atoms with Gasteiger partial charge in [-0.15, -0.1) is 0 Å². The minimum absolute atomic E-state index is 0.354. The number of nitrogens with two attached hydrogens (primary N) is 1. The lowest BCUT2D eigenvalue weighted by Gasteiger charge is -2.15. The maximum absolute atomic E-state index is 11.7. The maximum Gasteiger partial charge on any atom is 0.222 e. The zero-order valence-corrected chi connectivity index (χ0v) is 9.87. The van der Waals surface area contributed by atoms with Gasteiger partial charge in [-0.1, -0.05) is 19.8 Å². The van der Waals surface area contributed by atoms with E-state index in [9.17, 15) is 4.79 Å². The molecule has 0 aromatic carbocycles. The SMILES string of the molecule is CC1CCN(C(=O)CCCCCCN)C1. The highest BCUT2D eigenvalue weighted by atomic mass is 16.2. The Morgan fingerprint density at radius 2 is 2.07 bits per heavy atom. The Morgan fingerprint density at radius 3 is 2.67 bits per heavy atom. The molecule has 1 amide bonds. The first-order chi connectivity index (χ1) is 7.24. The molecule has 0 aliphatic carbocycles. The van der Waals surface area contributed by atoms with E-state index in [4.69, 9.17) is 5.73 Å². The second kappa shape index (κ2) is 6.83. The highest BCUT2D eigenvalue weighted by molar-refractivity contribution is 5.76. The van der Waals surface area contributed by atoms with Gasteiger partial charge in [-0.3, -0.25) is 4.79 Å². The molecule has 1 aliphatic heterocycles. The number of likely N-dealkylation sites (tertiary alicyclic amines) is 1. The van der Waals surface area contributed by atoms with Crippen molar-refractivity contribution in [1.29, 1.82) is 0 Å². The molecule has 0 spiro atoms. The van der Waals surface area contributed by atoms with Crippen molar-refractivity contribution in [3.63, 3.8) is 0 Å². The summed E-state index contributed by atoms with van der Waals surface area (Å²) in [5.74, 6) is 1.05. The van der Waals surface area contributed by atoms with Gasteiger partial charge in [-0.05, 0) is 31.7 Å². The molecule has 1 saturated heterocycles. The average Bonchev–Trinajstić information content (AvgIpc) is 2.64. The second-order valence-corrected chi connectivity index (χ2v) is 4.69. The number of amides is 1. The van der Waals surface area contributed by atoms with E-state index in [2.05, 4.69) is 6.92 Å². The van der Waals surface area contributed by atoms with E-state index in [0.717, 1.165) is 45.3 Å². The lowest BCUT2D eigenvalue weighted by molar-refractivity contribution is -0.130. The van der Waals surface area contributed by atoms with Gasteiger partial charge in [0.05, 0.1) is 0 Å². The Balaban J connectivity index is 2.03. The third kappa shape index (κ3) is 4.65. The fourth-order valence-electron chi connectivity index (χ4n) is 2.09. The fourth-order valence-corrected chi connectivity index (χ4v) is 2.09. The number of nitrogens with zero attached hydrogens (tertiary/aromatic N) is 1. The van der Waals surface area contributed by atoms with Gasteiger partial charge in [0.25, 0.3) is 0 Å². The summed E-state index contributed by atoms with van der Waals surface area (Å²) in [5.41, 5.74) is 5.41. The van der Waals surface area contributed by atoms with Gasteiger partial charge in [0.15, 0.2) is 0 Å². The maximum atomic E-state index is 11.7. The lowest BCUT2D eigenvalue weighted by Crippen LogP contribution is -2.28. The zero-order valence-electron chi connectivity index (χ0n) is 9.87. The normalized spacial score (nSPS) is 20.9. The monoisotopic (exact) mass is 212 g/mol. The van der Waals surface area contributed by atoms with Gasteiger partial charge < -0.3 is 10.6 Å². The number of carbonyl (C=O) groups excluding carboxylic acids is 1. The van der Waals surface area contributed by atoms with Crippen LogP contribution in [0.4, 0.5) is 0 Å². The summed E-state index contributed by atoms with van der Waals surface area (Å²) in [7, 11) is 0. The number of hydrogen-bond donors (Lipinski definition) is 1. The van der Waals surface area contributed by atoms with E-state index in [-0.39, 0.29) is 0 Å². The second-order valence-electron chi connectivity index (χ2n) is 4.69. The molecule has 1 unspecified atom stereocenters. The first-order valence-electron chi connectivity index (χ1n) is 6.22. The van der Waals surface area contributed by atoms with Gasteiger partial charge in [-0.25, -0.2) is 0 Å². The van der Waals surface area contributed by atoms with Crippen molar-refractivity contribution < 1.29 is 4.79 Å². The average molecular weight is 212 g/mol. The van der Waals surface area contributed by atoms with Crippen LogP contribution in [0.3, 0.4) is 0 Å². The van der Waals surface area contributed by atoms with Crippen LogP contribution < -0.4 is 5.73 Å². The van der Waals surface area contributed by atoms with Crippen molar-refractivity contribution in [2.45, 2.75) is 45.4 Å². The van der Waals surface area contributed by atoms with Gasteiger partial charge in [-0.2, -0.15) is 0 Å². The standard InChI is InChI=1S/C12H24N2O/c1-11-7-9-14(10-11)12(15)6-4-2-3-5-8-13/h11H,2-10,13H2,1H3. The summed E-state index contributed by atoms with van der Waals surface area (Å²) in [6.45, 7) is 4.94. The van der Waals surface area contributed by atoms with E-state index in [0.29, 0.717) is 11.8 Å². The zero-order chi connectivity index (χ0) is 11.1. The largest absolute Gasteiger partial charge is 0.342 e. The van der Waals surface area contributed by atoms with Crippen LogP contribution in [0.2, 0.25) is 0 Å². The molecule has 1 heterocycles. The third-order valence-electron chi connectivity index (χ3n) is 3.12. The summed E-state index contributed by atoms with van der Waals surface area (Å²) in [6, 6.07) is 0. The van der Waals surface area contributed by atoms with Crippen LogP contribution in [0.1, 0.15) is 45.4 Å². The number of unbranched alkanes of at least 4 members (excludes halogenated alkanes) is 3. The minimum Gasteiger partial charge on any atom is -0.342 e. The molecule has 0 saturated carbocycles. The quantitative estimate of drug-likeness (QED) is 0.682. The van der Waals surface area contributed by atoms with Crippen LogP contribution in [0, 0.1) is 5.92 Å². The van der Waals surface area contributed by atoms with Gasteiger partial charge in [0.2, 0.25) is 5.91 Å². The van der Waals surface area contributed by atoms with Crippen molar-refractivity contribution in [3.8, 4) is 0 Å². The summed E-state index contributed by atoms with van der Waals surface area (Å²) in [5, 5.41) is 0. The number of carbonyl (C=O) groups is 1. The Labute approximate surface area is 93.0 Å². The molecule has 1 atom stereocenters. The van der Waals surface area contributed by atoms with Gasteiger partial charge >= 0.3 is 0 Å². The predicted octanol–water partition coefficient (Wildman–Crippen LogP) is 1.76. The molecule has 3 nitrogen and oxygen atoms in total. The molecule has 1 aliphatic rings. The summed E-state index contributed by atoms with van der Waals surface area (Å²) in [4.78, 5) is 13.7. The van der Waals surface area contributed by atoms with Crippen molar-refractivity contribution in [2.24, 2.45) is 11.7 Å². The van der Waals surface area contributed by atoms with Crippen molar-refractivity contribution in [3.05, 3.63) is 0 Å². The molecule has 2 N–H and O–H groups in total. The fraction of sp³-hybridized carbons (Fsp3) is 0.917. The Morgan fingerprint density at radius 1 is 1.33 bits per heavy atom. The highest BCUT2D eigenvalue weighted by Gasteiger charge is 2.22. The van der Waals surface area contributed by atoms with Crippen LogP contribution in [-0.2, 0) is 4.79 Å². The van der Waals surface area contributed by atoms with E-state index >= 15 is 0 Å². The number of rotatable bonds is 6. The molecule has 88 valence electrons. The topological polar surface area (TPSA) is 46.3 Å². The van der Waals surface area contributed by atoms with Crippen LogP contribution >= 0.6 is 0 Å². The summed E-state index contributed by atoms with van der Waals surface area (Å²) >= 11 is 0. The molecular weight excluding hydrogens is 188 g/mol. The summed E-state index contributed by atoms with van der Waals surface area (Å²) < 4.78 is 0. The van der Waals surface area contributed by atoms with E-state index in [1.165, 1.54) is 12.8 Å². The molecule has 1 fully saturated rings. The highest BCUT2D eigenvalue weighted by Crippen LogP contribution is 2.16. The molecule has 0 bridgehead atoms. The Kier molecular flexibility index (Phi) is 5.69.